The third kappa shape index (κ3) is 4.38. The first-order valence-electron chi connectivity index (χ1n) is 16.8. The fraction of sp³-hybridized carbons (Fsp3) is 0.914. The van der Waals surface area contributed by atoms with Gasteiger partial charge in [0.2, 0.25) is 0 Å². The summed E-state index contributed by atoms with van der Waals surface area (Å²) in [5.41, 5.74) is -2.28. The number of rotatable bonds is 6. The summed E-state index contributed by atoms with van der Waals surface area (Å²) in [5, 5.41) is 23.4. The van der Waals surface area contributed by atoms with E-state index in [-0.39, 0.29) is 47.3 Å². The van der Waals surface area contributed by atoms with Gasteiger partial charge in [0.05, 0.1) is 35.1 Å². The molecule has 7 heteroatoms. The second-order valence-electron chi connectivity index (χ2n) is 16.5. The van der Waals surface area contributed by atoms with E-state index in [1.165, 1.54) is 0 Å². The maximum absolute atomic E-state index is 13.9. The summed E-state index contributed by atoms with van der Waals surface area (Å²) in [7, 11) is 0. The maximum atomic E-state index is 13.9. The molecule has 0 bridgehead atoms. The van der Waals surface area contributed by atoms with E-state index in [0.29, 0.717) is 25.7 Å². The summed E-state index contributed by atoms with van der Waals surface area (Å²) < 4.78 is 26.4. The summed E-state index contributed by atoms with van der Waals surface area (Å²) >= 11 is 0. The fourth-order valence-electron chi connectivity index (χ4n) is 10.6. The molecule has 5 fully saturated rings. The Bertz CT molecular complexity index is 1140. The third-order valence-corrected chi connectivity index (χ3v) is 13.3. The predicted molar refractivity (Wildman–Crippen MR) is 159 cm³/mol. The molecule has 2 heterocycles. The minimum absolute atomic E-state index is 0.0196. The van der Waals surface area contributed by atoms with Crippen molar-refractivity contribution in [2.75, 3.05) is 0 Å². The van der Waals surface area contributed by atoms with Crippen LogP contribution in [0.5, 0.6) is 0 Å². The molecular weight excluding hydrogens is 532 g/mol. The van der Waals surface area contributed by atoms with Gasteiger partial charge in [0, 0.05) is 11.3 Å². The Hall–Kier alpha value is -0.830. The van der Waals surface area contributed by atoms with Crippen molar-refractivity contribution < 1.29 is 34.0 Å². The van der Waals surface area contributed by atoms with Gasteiger partial charge in [0.15, 0.2) is 17.4 Å². The lowest BCUT2D eigenvalue weighted by atomic mass is 9.45. The van der Waals surface area contributed by atoms with Crippen molar-refractivity contribution >= 4 is 5.78 Å². The van der Waals surface area contributed by atoms with Gasteiger partial charge >= 0.3 is 0 Å². The highest BCUT2D eigenvalue weighted by atomic mass is 16.8. The van der Waals surface area contributed by atoms with Crippen LogP contribution in [0.1, 0.15) is 127 Å². The molecule has 0 aromatic heterocycles. The van der Waals surface area contributed by atoms with Crippen molar-refractivity contribution in [2.24, 2.45) is 28.6 Å². The highest BCUT2D eigenvalue weighted by molar-refractivity contribution is 5.95. The van der Waals surface area contributed by atoms with Crippen molar-refractivity contribution in [3.8, 4) is 0 Å². The normalized spacial score (nSPS) is 53.8. The predicted octanol–water partition coefficient (Wildman–Crippen LogP) is 6.23. The number of fused-ring (bicyclic) bond motifs is 6. The lowest BCUT2D eigenvalue weighted by Crippen LogP contribution is -2.62. The van der Waals surface area contributed by atoms with E-state index < -0.39 is 33.8 Å². The number of allylic oxidation sites excluding steroid dienone is 1. The number of ketones is 1. The van der Waals surface area contributed by atoms with Gasteiger partial charge in [0.25, 0.3) is 0 Å². The van der Waals surface area contributed by atoms with Gasteiger partial charge in [-0.25, -0.2) is 0 Å². The SMILES string of the molecule is CC[C@]1(C)O[C@H]2C[C@]3(C)[C@@H]4CC[C@]5(C)[C@H]([C@@]6(C)O[C@](C)(CC)O[C@H]6CCC(C)(C)O)CC[C@@]5(O)C4=CC(=O)[C@@H]3C[C@H]2O1. The first-order valence-corrected chi connectivity index (χ1v) is 16.8. The number of carbonyl (C=O) groups is 1. The Kier molecular flexibility index (Phi) is 7.12. The number of hydrogen-bond donors (Lipinski definition) is 2. The van der Waals surface area contributed by atoms with Gasteiger partial charge in [-0.3, -0.25) is 4.79 Å². The van der Waals surface area contributed by atoms with Crippen LogP contribution in [0.25, 0.3) is 0 Å². The molecule has 0 unspecified atom stereocenters. The van der Waals surface area contributed by atoms with Gasteiger partial charge in [-0.05, 0) is 128 Å². The van der Waals surface area contributed by atoms with Crippen molar-refractivity contribution in [2.45, 2.75) is 173 Å². The van der Waals surface area contributed by atoms with Crippen LogP contribution < -0.4 is 0 Å². The molecule has 0 aromatic rings. The zero-order chi connectivity index (χ0) is 30.7. The Morgan fingerprint density at radius 1 is 0.929 bits per heavy atom. The monoisotopic (exact) mass is 588 g/mol. The van der Waals surface area contributed by atoms with E-state index in [2.05, 4.69) is 34.6 Å². The Morgan fingerprint density at radius 2 is 1.60 bits per heavy atom. The van der Waals surface area contributed by atoms with Gasteiger partial charge in [0.1, 0.15) is 0 Å². The van der Waals surface area contributed by atoms with Crippen molar-refractivity contribution in [1.82, 2.24) is 0 Å². The number of aliphatic hydroxyl groups is 2. The summed E-state index contributed by atoms with van der Waals surface area (Å²) in [5.74, 6) is -1.08. The molecule has 0 spiro atoms. The molecule has 12 atom stereocenters. The van der Waals surface area contributed by atoms with Crippen LogP contribution in [0.2, 0.25) is 0 Å². The average Bonchev–Trinajstić information content (AvgIpc) is 3.47. The minimum atomic E-state index is -1.08. The van der Waals surface area contributed by atoms with Crippen LogP contribution in [0.15, 0.2) is 11.6 Å². The molecule has 6 rings (SSSR count). The molecule has 2 saturated heterocycles. The highest BCUT2D eigenvalue weighted by Crippen LogP contribution is 2.70. The van der Waals surface area contributed by atoms with E-state index in [0.717, 1.165) is 44.1 Å². The molecule has 6 aliphatic rings. The van der Waals surface area contributed by atoms with E-state index in [4.69, 9.17) is 18.9 Å². The average molecular weight is 589 g/mol. The van der Waals surface area contributed by atoms with Crippen LogP contribution in [-0.4, -0.2) is 62.7 Å². The second kappa shape index (κ2) is 9.59. The first kappa shape index (κ1) is 31.2. The van der Waals surface area contributed by atoms with E-state index >= 15 is 0 Å². The van der Waals surface area contributed by atoms with Crippen LogP contribution >= 0.6 is 0 Å². The lowest BCUT2D eigenvalue weighted by Gasteiger charge is -2.60. The number of ether oxygens (including phenoxy) is 4. The largest absolute Gasteiger partial charge is 0.390 e. The molecule has 0 amide bonds. The van der Waals surface area contributed by atoms with Crippen molar-refractivity contribution in [3.63, 3.8) is 0 Å². The Balaban J connectivity index is 1.33. The standard InChI is InChI=1S/C35H56O7/c1-10-32(7)39-25-19-23-24(36)18-22-21(30(23,5)20-26(25)40-32)12-16-31(6)27(13-17-35(22,31)38)34(9)28(14-15-29(3,4)37)41-33(8,11-2)42-34/h18,21,23,25-28,37-38H,10-17,19-20H2,1-9H3/t21-,23+,25-,26+,27-,28+,30-,31-,32+,33-,34-,35-/m1/s1. The van der Waals surface area contributed by atoms with Gasteiger partial charge < -0.3 is 29.2 Å². The Labute approximate surface area is 253 Å². The van der Waals surface area contributed by atoms with Gasteiger partial charge in [-0.15, -0.1) is 0 Å². The smallest absolute Gasteiger partial charge is 0.166 e. The molecule has 4 aliphatic carbocycles. The summed E-state index contributed by atoms with van der Waals surface area (Å²) in [4.78, 5) is 13.9. The Morgan fingerprint density at radius 3 is 2.24 bits per heavy atom. The quantitative estimate of drug-likeness (QED) is 0.380. The second-order valence-corrected chi connectivity index (χ2v) is 16.5. The molecule has 3 saturated carbocycles. The lowest BCUT2D eigenvalue weighted by molar-refractivity contribution is -0.200. The maximum Gasteiger partial charge on any atom is 0.166 e. The van der Waals surface area contributed by atoms with Crippen LogP contribution in [0.3, 0.4) is 0 Å². The van der Waals surface area contributed by atoms with Gasteiger partial charge in [-0.1, -0.05) is 27.7 Å². The molecule has 0 radical (unpaired) electrons. The summed E-state index contributed by atoms with van der Waals surface area (Å²) in [6.45, 7) is 18.6. The van der Waals surface area contributed by atoms with E-state index in [1.807, 2.05) is 33.8 Å². The topological polar surface area (TPSA) is 94.5 Å². The number of carbonyl (C=O) groups excluding carboxylic acids is 1. The van der Waals surface area contributed by atoms with E-state index in [9.17, 15) is 15.0 Å². The third-order valence-electron chi connectivity index (χ3n) is 13.3. The summed E-state index contributed by atoms with van der Waals surface area (Å²) in [6.07, 6.45) is 9.08. The van der Waals surface area contributed by atoms with Crippen molar-refractivity contribution in [1.29, 1.82) is 0 Å². The zero-order valence-corrected chi connectivity index (χ0v) is 27.5. The molecule has 2 N–H and O–H groups in total. The molecule has 238 valence electrons. The minimum Gasteiger partial charge on any atom is -0.390 e. The zero-order valence-electron chi connectivity index (χ0n) is 27.5. The molecule has 2 aliphatic heterocycles. The van der Waals surface area contributed by atoms with Crippen LogP contribution in [-0.2, 0) is 23.7 Å². The molecular formula is C35H56O7. The highest BCUT2D eigenvalue weighted by Gasteiger charge is 2.72. The van der Waals surface area contributed by atoms with E-state index in [1.54, 1.807) is 0 Å². The summed E-state index contributed by atoms with van der Waals surface area (Å²) in [6, 6.07) is 0. The number of hydrogen-bond acceptors (Lipinski definition) is 7. The fourth-order valence-corrected chi connectivity index (χ4v) is 10.6. The van der Waals surface area contributed by atoms with Crippen LogP contribution in [0.4, 0.5) is 0 Å². The van der Waals surface area contributed by atoms with Gasteiger partial charge in [-0.2, -0.15) is 0 Å². The van der Waals surface area contributed by atoms with Crippen molar-refractivity contribution in [3.05, 3.63) is 11.6 Å². The first-order chi connectivity index (χ1) is 19.4. The molecule has 7 nitrogen and oxygen atoms in total. The van der Waals surface area contributed by atoms with Crippen LogP contribution in [0, 0.1) is 28.6 Å². The molecule has 0 aromatic carbocycles. The molecule has 42 heavy (non-hydrogen) atoms.